The number of hydrogen-bond donors (Lipinski definition) is 1. The van der Waals surface area contributed by atoms with Crippen LogP contribution in [0, 0.1) is 0 Å². The lowest BCUT2D eigenvalue weighted by molar-refractivity contribution is -0.0784. The summed E-state index contributed by atoms with van der Waals surface area (Å²) in [7, 11) is 1.95. The van der Waals surface area contributed by atoms with Crippen LogP contribution in [0.1, 0.15) is 44.3 Å². The third-order valence-electron chi connectivity index (χ3n) is 3.39. The Balaban J connectivity index is 1.87. The smallest absolute Gasteiger partial charge is 0.240 e. The monoisotopic (exact) mass is 269 g/mol. The van der Waals surface area contributed by atoms with Crippen molar-refractivity contribution < 1.29 is 14.4 Å². The van der Waals surface area contributed by atoms with Gasteiger partial charge in [-0.05, 0) is 7.05 Å². The van der Waals surface area contributed by atoms with Crippen LogP contribution in [0.3, 0.4) is 0 Å². The molecular formula is C13H23N3O3. The Morgan fingerprint density at radius 1 is 1.37 bits per heavy atom. The predicted octanol–water partition coefficient (Wildman–Crippen LogP) is 1.17. The lowest BCUT2D eigenvalue weighted by Gasteiger charge is -2.35. The second-order valence-corrected chi connectivity index (χ2v) is 5.71. The molecule has 19 heavy (non-hydrogen) atoms. The van der Waals surface area contributed by atoms with Crippen LogP contribution in [0.4, 0.5) is 0 Å². The summed E-state index contributed by atoms with van der Waals surface area (Å²) in [6.45, 7) is 6.47. The van der Waals surface area contributed by atoms with Crippen molar-refractivity contribution in [1.82, 2.24) is 15.0 Å². The quantitative estimate of drug-likeness (QED) is 0.865. The second kappa shape index (κ2) is 5.98. The van der Waals surface area contributed by atoms with Gasteiger partial charge in [-0.15, -0.1) is 0 Å². The first-order valence-electron chi connectivity index (χ1n) is 6.80. The van der Waals surface area contributed by atoms with Crippen LogP contribution < -0.4 is 0 Å². The van der Waals surface area contributed by atoms with Gasteiger partial charge in [0.05, 0.1) is 12.1 Å². The highest BCUT2D eigenvalue weighted by Gasteiger charge is 2.31. The molecule has 1 saturated heterocycles. The van der Waals surface area contributed by atoms with Crippen LogP contribution in [-0.2, 0) is 11.3 Å². The molecule has 1 aliphatic rings. The Labute approximate surface area is 113 Å². The van der Waals surface area contributed by atoms with E-state index in [0.717, 1.165) is 5.82 Å². The van der Waals surface area contributed by atoms with Gasteiger partial charge in [0.1, 0.15) is 0 Å². The minimum Gasteiger partial charge on any atom is -0.388 e. The minimum atomic E-state index is -0.659. The van der Waals surface area contributed by atoms with E-state index in [0.29, 0.717) is 45.0 Å². The Morgan fingerprint density at radius 2 is 2.05 bits per heavy atom. The highest BCUT2D eigenvalue weighted by Crippen LogP contribution is 2.22. The molecule has 0 unspecified atom stereocenters. The van der Waals surface area contributed by atoms with Gasteiger partial charge in [0.25, 0.3) is 0 Å². The maximum absolute atomic E-state index is 10.4. The topological polar surface area (TPSA) is 71.6 Å². The largest absolute Gasteiger partial charge is 0.388 e. The van der Waals surface area contributed by atoms with Crippen LogP contribution in [0.5, 0.6) is 0 Å². The van der Waals surface area contributed by atoms with Gasteiger partial charge in [-0.3, -0.25) is 4.90 Å². The first-order valence-corrected chi connectivity index (χ1v) is 6.80. The molecule has 0 atom stereocenters. The predicted molar refractivity (Wildman–Crippen MR) is 69.7 cm³/mol. The van der Waals surface area contributed by atoms with Gasteiger partial charge >= 0.3 is 0 Å². The zero-order valence-corrected chi connectivity index (χ0v) is 11.9. The molecule has 1 aromatic rings. The summed E-state index contributed by atoms with van der Waals surface area (Å²) in [5, 5.41) is 14.4. The number of aliphatic hydroxyl groups is 1. The van der Waals surface area contributed by atoms with Gasteiger partial charge in [0.15, 0.2) is 5.82 Å². The molecule has 6 nitrogen and oxygen atoms in total. The molecule has 6 heteroatoms. The van der Waals surface area contributed by atoms with E-state index in [1.165, 1.54) is 0 Å². The van der Waals surface area contributed by atoms with Crippen molar-refractivity contribution in [3.8, 4) is 0 Å². The summed E-state index contributed by atoms with van der Waals surface area (Å²) < 4.78 is 10.5. The Kier molecular flexibility index (Phi) is 4.54. The molecular weight excluding hydrogens is 246 g/mol. The van der Waals surface area contributed by atoms with Crippen molar-refractivity contribution in [3.05, 3.63) is 11.7 Å². The Hall–Kier alpha value is -0.980. The molecule has 0 amide bonds. The lowest BCUT2D eigenvalue weighted by atomic mass is 9.94. The van der Waals surface area contributed by atoms with E-state index in [1.54, 1.807) is 0 Å². The fourth-order valence-corrected chi connectivity index (χ4v) is 2.27. The number of nitrogens with zero attached hydrogens (tertiary/aromatic N) is 3. The van der Waals surface area contributed by atoms with Crippen molar-refractivity contribution >= 4 is 0 Å². The zero-order chi connectivity index (χ0) is 13.9. The van der Waals surface area contributed by atoms with Crippen molar-refractivity contribution in [1.29, 1.82) is 0 Å². The van der Waals surface area contributed by atoms with Gasteiger partial charge in [-0.1, -0.05) is 19.0 Å². The van der Waals surface area contributed by atoms with Crippen LogP contribution in [0.2, 0.25) is 0 Å². The van der Waals surface area contributed by atoms with E-state index < -0.39 is 5.60 Å². The summed E-state index contributed by atoms with van der Waals surface area (Å²) in [5.74, 6) is 1.59. The first kappa shape index (κ1) is 14.4. The average Bonchev–Trinajstić information content (AvgIpc) is 2.77. The maximum Gasteiger partial charge on any atom is 0.240 e. The molecule has 1 aromatic heterocycles. The highest BCUT2D eigenvalue weighted by atomic mass is 16.5. The van der Waals surface area contributed by atoms with Crippen molar-refractivity contribution in [3.63, 3.8) is 0 Å². The standard InChI is InChI=1S/C13H23N3O3/c1-10(2)12-14-11(19-15-12)8-16(3)9-13(17)4-6-18-7-5-13/h10,17H,4-9H2,1-3H3. The number of likely N-dealkylation sites (N-methyl/N-ethyl adjacent to an activating group) is 1. The summed E-state index contributed by atoms with van der Waals surface area (Å²) in [5.41, 5.74) is -0.659. The van der Waals surface area contributed by atoms with Gasteiger partial charge in [-0.2, -0.15) is 4.98 Å². The highest BCUT2D eigenvalue weighted by molar-refractivity contribution is 4.92. The van der Waals surface area contributed by atoms with E-state index in [-0.39, 0.29) is 5.92 Å². The van der Waals surface area contributed by atoms with E-state index in [1.807, 2.05) is 25.8 Å². The van der Waals surface area contributed by atoms with E-state index in [2.05, 4.69) is 10.1 Å². The summed E-state index contributed by atoms with van der Waals surface area (Å²) in [6, 6.07) is 0. The molecule has 0 radical (unpaired) electrons. The summed E-state index contributed by atoms with van der Waals surface area (Å²) in [6.07, 6.45) is 1.36. The van der Waals surface area contributed by atoms with Gasteiger partial charge < -0.3 is 14.4 Å². The molecule has 1 fully saturated rings. The molecule has 108 valence electrons. The molecule has 1 N–H and O–H groups in total. The molecule has 0 spiro atoms. The zero-order valence-electron chi connectivity index (χ0n) is 11.9. The SMILES string of the molecule is CC(C)c1noc(CN(C)CC2(O)CCOCC2)n1. The normalized spacial score (nSPS) is 19.3. The molecule has 1 aliphatic heterocycles. The third kappa shape index (κ3) is 3.99. The van der Waals surface area contributed by atoms with Crippen LogP contribution in [0.25, 0.3) is 0 Å². The number of ether oxygens (including phenoxy) is 1. The Bertz CT molecular complexity index is 400. The fourth-order valence-electron chi connectivity index (χ4n) is 2.27. The van der Waals surface area contributed by atoms with E-state index >= 15 is 0 Å². The summed E-state index contributed by atoms with van der Waals surface area (Å²) in [4.78, 5) is 6.36. The fraction of sp³-hybridized carbons (Fsp3) is 0.846. The van der Waals surface area contributed by atoms with Crippen LogP contribution in [0.15, 0.2) is 4.52 Å². The van der Waals surface area contributed by atoms with E-state index in [4.69, 9.17) is 9.26 Å². The number of aromatic nitrogens is 2. The second-order valence-electron chi connectivity index (χ2n) is 5.71. The average molecular weight is 269 g/mol. The van der Waals surface area contributed by atoms with Crippen LogP contribution >= 0.6 is 0 Å². The molecule has 0 bridgehead atoms. The molecule has 0 aliphatic carbocycles. The summed E-state index contributed by atoms with van der Waals surface area (Å²) >= 11 is 0. The van der Waals surface area contributed by atoms with Crippen molar-refractivity contribution in [2.24, 2.45) is 0 Å². The maximum atomic E-state index is 10.4. The van der Waals surface area contributed by atoms with Crippen molar-refractivity contribution in [2.45, 2.75) is 44.8 Å². The van der Waals surface area contributed by atoms with E-state index in [9.17, 15) is 5.11 Å². The van der Waals surface area contributed by atoms with Gasteiger partial charge in [0, 0.05) is 38.5 Å². The molecule has 2 heterocycles. The number of hydrogen-bond acceptors (Lipinski definition) is 6. The van der Waals surface area contributed by atoms with Gasteiger partial charge in [-0.25, -0.2) is 0 Å². The molecule has 2 rings (SSSR count). The number of rotatable bonds is 5. The van der Waals surface area contributed by atoms with Crippen LogP contribution in [-0.4, -0.2) is 52.6 Å². The molecule has 0 saturated carbocycles. The Morgan fingerprint density at radius 3 is 2.63 bits per heavy atom. The van der Waals surface area contributed by atoms with Crippen molar-refractivity contribution in [2.75, 3.05) is 26.8 Å². The third-order valence-corrected chi connectivity index (χ3v) is 3.39. The van der Waals surface area contributed by atoms with Gasteiger partial charge in [0.2, 0.25) is 5.89 Å². The first-order chi connectivity index (χ1) is 8.98. The lowest BCUT2D eigenvalue weighted by Crippen LogP contribution is -2.45. The minimum absolute atomic E-state index is 0.266. The molecule has 0 aromatic carbocycles.